The molecule has 0 saturated carbocycles. The van der Waals surface area contributed by atoms with E-state index in [-0.39, 0.29) is 17.6 Å². The zero-order chi connectivity index (χ0) is 20.4. The maximum absolute atomic E-state index is 12.8. The van der Waals surface area contributed by atoms with Crippen molar-refractivity contribution >= 4 is 63.2 Å². The number of nitro groups is 1. The van der Waals surface area contributed by atoms with E-state index in [1.807, 2.05) is 42.5 Å². The number of nitrogens with zero attached hydrogens (tertiary/aromatic N) is 2. The number of carbonyl (C=O) groups is 1. The summed E-state index contributed by atoms with van der Waals surface area (Å²) in [5.74, 6) is -0.462. The van der Waals surface area contributed by atoms with E-state index in [4.69, 9.17) is 16.6 Å². The van der Waals surface area contributed by atoms with Crippen molar-refractivity contribution < 1.29 is 14.1 Å². The third kappa shape index (κ3) is 4.05. The van der Waals surface area contributed by atoms with Gasteiger partial charge in [-0.1, -0.05) is 42.2 Å². The van der Waals surface area contributed by atoms with E-state index >= 15 is 0 Å². The smallest absolute Gasteiger partial charge is 0.401 e. The summed E-state index contributed by atoms with van der Waals surface area (Å²) < 4.78 is 5.47. The van der Waals surface area contributed by atoms with Crippen molar-refractivity contribution in [3.63, 3.8) is 0 Å². The van der Waals surface area contributed by atoms with Crippen LogP contribution in [0.5, 0.6) is 0 Å². The van der Waals surface area contributed by atoms with E-state index in [1.165, 1.54) is 23.1 Å². The molecule has 0 radical (unpaired) electrons. The number of hydrogen-bond donors (Lipinski definition) is 1. The zero-order valence-electron chi connectivity index (χ0n) is 14.8. The lowest BCUT2D eigenvalue weighted by atomic mass is 10.2. The van der Waals surface area contributed by atoms with Crippen LogP contribution in [-0.4, -0.2) is 15.2 Å². The number of nitrogens with one attached hydrogen (secondary N) is 1. The van der Waals surface area contributed by atoms with Crippen molar-refractivity contribution in [3.8, 4) is 0 Å². The predicted octanol–water partition coefficient (Wildman–Crippen LogP) is 5.34. The van der Waals surface area contributed by atoms with Crippen LogP contribution in [0.3, 0.4) is 0 Å². The van der Waals surface area contributed by atoms with Gasteiger partial charge in [0.1, 0.15) is 10.7 Å². The van der Waals surface area contributed by atoms with E-state index < -0.39 is 4.92 Å². The molecular weight excluding hydrogens is 410 g/mol. The van der Waals surface area contributed by atoms with Gasteiger partial charge in [-0.05, 0) is 42.5 Å². The second-order valence-electron chi connectivity index (χ2n) is 5.99. The number of rotatable bonds is 5. The molecule has 0 atom stereocenters. The summed E-state index contributed by atoms with van der Waals surface area (Å²) in [5, 5.41) is 14.0. The number of amides is 1. The minimum atomic E-state index is -0.631. The van der Waals surface area contributed by atoms with Crippen LogP contribution in [-0.2, 0) is 4.79 Å². The van der Waals surface area contributed by atoms with Crippen LogP contribution in [0.15, 0.2) is 76.1 Å². The maximum atomic E-state index is 12.8. The normalized spacial score (nSPS) is 15.2. The second-order valence-corrected chi connectivity index (χ2v) is 7.66. The van der Waals surface area contributed by atoms with Gasteiger partial charge in [0.25, 0.3) is 5.91 Å². The van der Waals surface area contributed by atoms with Gasteiger partial charge in [-0.15, -0.1) is 0 Å². The van der Waals surface area contributed by atoms with Gasteiger partial charge in [0.15, 0.2) is 4.32 Å². The Kier molecular flexibility index (Phi) is 5.15. The Morgan fingerprint density at radius 3 is 2.38 bits per heavy atom. The van der Waals surface area contributed by atoms with Crippen molar-refractivity contribution in [3.05, 3.63) is 87.5 Å². The molecule has 0 spiro atoms. The van der Waals surface area contributed by atoms with Crippen molar-refractivity contribution in [1.29, 1.82) is 0 Å². The van der Waals surface area contributed by atoms with Gasteiger partial charge in [0.05, 0.1) is 16.7 Å². The summed E-state index contributed by atoms with van der Waals surface area (Å²) in [6, 6.07) is 19.7. The van der Waals surface area contributed by atoms with Crippen molar-refractivity contribution in [2.75, 3.05) is 10.2 Å². The first-order valence-corrected chi connectivity index (χ1v) is 9.68. The SMILES string of the molecule is O=C1/C(=C/c2ccc([N+](=O)[O-])o2)SC(=S)N1c1ccc(Nc2ccccc2)cc1. The topological polar surface area (TPSA) is 88.6 Å². The Morgan fingerprint density at radius 2 is 1.72 bits per heavy atom. The highest BCUT2D eigenvalue weighted by Gasteiger charge is 2.33. The molecule has 1 amide bonds. The lowest BCUT2D eigenvalue weighted by Crippen LogP contribution is -2.27. The highest BCUT2D eigenvalue weighted by atomic mass is 32.2. The largest absolute Gasteiger partial charge is 0.433 e. The summed E-state index contributed by atoms with van der Waals surface area (Å²) in [4.78, 5) is 24.7. The van der Waals surface area contributed by atoms with E-state index in [0.29, 0.717) is 14.9 Å². The molecule has 1 aliphatic heterocycles. The fourth-order valence-electron chi connectivity index (χ4n) is 2.72. The molecule has 9 heteroatoms. The molecule has 0 unspecified atom stereocenters. The maximum Gasteiger partial charge on any atom is 0.433 e. The molecule has 1 saturated heterocycles. The third-order valence-electron chi connectivity index (χ3n) is 4.05. The molecule has 29 heavy (non-hydrogen) atoms. The van der Waals surface area contributed by atoms with Crippen LogP contribution in [0, 0.1) is 10.1 Å². The Bertz CT molecular complexity index is 1120. The van der Waals surface area contributed by atoms with Gasteiger partial charge < -0.3 is 9.73 Å². The Labute approximate surface area is 175 Å². The highest BCUT2D eigenvalue weighted by Crippen LogP contribution is 2.37. The summed E-state index contributed by atoms with van der Waals surface area (Å²) in [7, 11) is 0. The standard InChI is InChI=1S/C20H13N3O4S2/c24-19-17(12-16-10-11-18(27-16)23(25)26)29-20(28)22(19)15-8-6-14(7-9-15)21-13-4-2-1-3-5-13/h1-12,21H/b17-12-. The third-order valence-corrected chi connectivity index (χ3v) is 5.35. The van der Waals surface area contributed by atoms with Crippen LogP contribution in [0.4, 0.5) is 22.9 Å². The Hall–Kier alpha value is -3.43. The molecule has 144 valence electrons. The van der Waals surface area contributed by atoms with Crippen molar-refractivity contribution in [2.45, 2.75) is 0 Å². The van der Waals surface area contributed by atoms with Crippen LogP contribution >= 0.6 is 24.0 Å². The summed E-state index contributed by atoms with van der Waals surface area (Å²) >= 11 is 6.47. The summed E-state index contributed by atoms with van der Waals surface area (Å²) in [6.45, 7) is 0. The number of benzene rings is 2. The Balaban J connectivity index is 1.52. The minimum absolute atomic E-state index is 0.222. The minimum Gasteiger partial charge on any atom is -0.401 e. The number of carbonyl (C=O) groups excluding carboxylic acids is 1. The van der Waals surface area contributed by atoms with Gasteiger partial charge in [-0.25, -0.2) is 0 Å². The zero-order valence-corrected chi connectivity index (χ0v) is 16.4. The van der Waals surface area contributed by atoms with E-state index in [9.17, 15) is 14.9 Å². The quantitative estimate of drug-likeness (QED) is 0.256. The van der Waals surface area contributed by atoms with E-state index in [1.54, 1.807) is 12.1 Å². The summed E-state index contributed by atoms with van der Waals surface area (Å²) in [5.41, 5.74) is 2.48. The lowest BCUT2D eigenvalue weighted by Gasteiger charge is -2.15. The van der Waals surface area contributed by atoms with Crippen LogP contribution < -0.4 is 10.2 Å². The number of thiocarbonyl (C=S) groups is 1. The molecular formula is C20H13N3O4S2. The molecule has 1 N–H and O–H groups in total. The number of hydrogen-bond acceptors (Lipinski definition) is 7. The van der Waals surface area contributed by atoms with Crippen molar-refractivity contribution in [1.82, 2.24) is 0 Å². The molecule has 4 rings (SSSR count). The predicted molar refractivity (Wildman–Crippen MR) is 117 cm³/mol. The fraction of sp³-hybridized carbons (Fsp3) is 0. The van der Waals surface area contributed by atoms with Gasteiger partial charge in [-0.3, -0.25) is 19.8 Å². The molecule has 1 aromatic heterocycles. The van der Waals surface area contributed by atoms with Crippen LogP contribution in [0.1, 0.15) is 5.76 Å². The van der Waals surface area contributed by atoms with E-state index in [2.05, 4.69) is 5.32 Å². The van der Waals surface area contributed by atoms with Gasteiger partial charge >= 0.3 is 5.88 Å². The average molecular weight is 423 g/mol. The number of para-hydroxylation sites is 1. The molecule has 7 nitrogen and oxygen atoms in total. The van der Waals surface area contributed by atoms with Gasteiger partial charge in [-0.2, -0.15) is 0 Å². The molecule has 3 aromatic rings. The van der Waals surface area contributed by atoms with E-state index in [0.717, 1.165) is 23.1 Å². The van der Waals surface area contributed by atoms with Crippen molar-refractivity contribution in [2.24, 2.45) is 0 Å². The number of thioether (sulfide) groups is 1. The monoisotopic (exact) mass is 423 g/mol. The molecule has 0 bridgehead atoms. The van der Waals surface area contributed by atoms with Gasteiger partial charge in [0.2, 0.25) is 0 Å². The van der Waals surface area contributed by atoms with Crippen LogP contribution in [0.25, 0.3) is 6.08 Å². The molecule has 1 fully saturated rings. The Morgan fingerprint density at radius 1 is 1.03 bits per heavy atom. The first kappa shape index (κ1) is 18.9. The average Bonchev–Trinajstić information content (AvgIpc) is 3.29. The number of furan rings is 1. The summed E-state index contributed by atoms with van der Waals surface area (Å²) in [6.07, 6.45) is 1.46. The van der Waals surface area contributed by atoms with Gasteiger partial charge in [0, 0.05) is 17.5 Å². The number of anilines is 3. The first-order chi connectivity index (χ1) is 14.0. The first-order valence-electron chi connectivity index (χ1n) is 8.45. The second kappa shape index (κ2) is 7.90. The molecule has 1 aliphatic rings. The lowest BCUT2D eigenvalue weighted by molar-refractivity contribution is -0.402. The fourth-order valence-corrected chi connectivity index (χ4v) is 4.00. The molecule has 2 heterocycles. The highest BCUT2D eigenvalue weighted by molar-refractivity contribution is 8.27. The molecule has 0 aliphatic carbocycles. The molecule has 2 aromatic carbocycles. The van der Waals surface area contributed by atoms with Crippen LogP contribution in [0.2, 0.25) is 0 Å².